The van der Waals surface area contributed by atoms with Crippen molar-refractivity contribution in [3.63, 3.8) is 0 Å². The van der Waals surface area contributed by atoms with Gasteiger partial charge in [-0.05, 0) is 37.3 Å². The number of carbonyl (C=O) groups excluding carboxylic acids is 1. The number of benzene rings is 2. The Morgan fingerprint density at radius 2 is 1.93 bits per heavy atom. The number of thiazole rings is 1. The Morgan fingerprint density at radius 3 is 2.59 bits per heavy atom. The Hall–Kier alpha value is -2.29. The van der Waals surface area contributed by atoms with Gasteiger partial charge in [0.05, 0.1) is 22.9 Å². The van der Waals surface area contributed by atoms with Crippen molar-refractivity contribution in [2.75, 3.05) is 6.61 Å². The van der Waals surface area contributed by atoms with Crippen molar-refractivity contribution in [3.8, 4) is 22.2 Å². The quantitative estimate of drug-likeness (QED) is 0.380. The molecule has 0 aliphatic rings. The van der Waals surface area contributed by atoms with Gasteiger partial charge in [0.25, 0.3) is 5.19 Å². The molecule has 29 heavy (non-hydrogen) atoms. The molecule has 10 heteroatoms. The summed E-state index contributed by atoms with van der Waals surface area (Å²) in [5, 5.41) is 0.633. The van der Waals surface area contributed by atoms with Gasteiger partial charge < -0.3 is 9.47 Å². The molecular weight excluding hydrogens is 450 g/mol. The highest BCUT2D eigenvalue weighted by atomic mass is 35.5. The number of carbonyl (C=O) groups is 1. The van der Waals surface area contributed by atoms with E-state index in [0.29, 0.717) is 5.02 Å². The van der Waals surface area contributed by atoms with E-state index in [9.17, 15) is 18.0 Å². The van der Waals surface area contributed by atoms with Crippen molar-refractivity contribution in [1.82, 2.24) is 4.98 Å². The van der Waals surface area contributed by atoms with Gasteiger partial charge in [0.15, 0.2) is 0 Å². The predicted octanol–water partition coefficient (Wildman–Crippen LogP) is 7.10. The number of esters is 1. The topological polar surface area (TPSA) is 48.4 Å². The van der Waals surface area contributed by atoms with Crippen LogP contribution in [0.1, 0.15) is 22.2 Å². The Kier molecular flexibility index (Phi) is 6.36. The Labute approximate surface area is 177 Å². The number of alkyl halides is 3. The second-order valence-corrected chi connectivity index (χ2v) is 7.44. The number of aromatic nitrogens is 1. The van der Waals surface area contributed by atoms with Crippen LogP contribution in [0.2, 0.25) is 10.0 Å². The number of hydrogen-bond donors (Lipinski definition) is 0. The molecule has 0 saturated carbocycles. The van der Waals surface area contributed by atoms with Gasteiger partial charge in [-0.25, -0.2) is 9.78 Å². The van der Waals surface area contributed by atoms with Crippen LogP contribution in [0.4, 0.5) is 13.2 Å². The maximum absolute atomic E-state index is 13.1. The smallest absolute Gasteiger partial charge is 0.416 e. The molecule has 1 heterocycles. The van der Waals surface area contributed by atoms with E-state index in [4.69, 9.17) is 32.7 Å². The highest BCUT2D eigenvalue weighted by molar-refractivity contribution is 7.15. The summed E-state index contributed by atoms with van der Waals surface area (Å²) in [5.41, 5.74) is -0.725. The molecule has 3 rings (SSSR count). The summed E-state index contributed by atoms with van der Waals surface area (Å²) in [5.74, 6) is -0.481. The molecular formula is C19H12Cl2F3NO3S. The van der Waals surface area contributed by atoms with Crippen molar-refractivity contribution in [2.45, 2.75) is 13.1 Å². The van der Waals surface area contributed by atoms with Gasteiger partial charge in [0.1, 0.15) is 10.6 Å². The van der Waals surface area contributed by atoms with Gasteiger partial charge >= 0.3 is 12.1 Å². The lowest BCUT2D eigenvalue weighted by Crippen LogP contribution is -2.06. The van der Waals surface area contributed by atoms with E-state index >= 15 is 0 Å². The van der Waals surface area contributed by atoms with Crippen molar-refractivity contribution in [3.05, 3.63) is 63.0 Å². The largest absolute Gasteiger partial charge is 0.462 e. The molecule has 0 spiro atoms. The zero-order valence-electron chi connectivity index (χ0n) is 14.7. The zero-order valence-corrected chi connectivity index (χ0v) is 17.0. The van der Waals surface area contributed by atoms with E-state index in [-0.39, 0.29) is 38.7 Å². The minimum absolute atomic E-state index is 0.0182. The lowest BCUT2D eigenvalue weighted by Gasteiger charge is -2.08. The number of ether oxygens (including phenoxy) is 2. The van der Waals surface area contributed by atoms with Crippen molar-refractivity contribution in [2.24, 2.45) is 0 Å². The van der Waals surface area contributed by atoms with Crippen LogP contribution < -0.4 is 4.74 Å². The van der Waals surface area contributed by atoms with E-state index in [2.05, 4.69) is 4.98 Å². The first kappa shape index (κ1) is 21.4. The highest BCUT2D eigenvalue weighted by Crippen LogP contribution is 2.39. The summed E-state index contributed by atoms with van der Waals surface area (Å²) < 4.78 is 49.8. The number of halogens is 5. The Morgan fingerprint density at radius 1 is 1.17 bits per heavy atom. The third-order valence-electron chi connectivity index (χ3n) is 3.62. The fourth-order valence-electron chi connectivity index (χ4n) is 2.37. The SMILES string of the molecule is CCOC(=O)c1sc(Oc2ccc(Cl)cc2Cl)nc1-c1cccc(C(F)(F)F)c1. The number of nitrogens with zero attached hydrogens (tertiary/aromatic N) is 1. The first-order chi connectivity index (χ1) is 13.7. The fraction of sp³-hybridized carbons (Fsp3) is 0.158. The van der Waals surface area contributed by atoms with Crippen LogP contribution in [0.5, 0.6) is 10.9 Å². The van der Waals surface area contributed by atoms with Crippen molar-refractivity contribution < 1.29 is 27.4 Å². The van der Waals surface area contributed by atoms with Crippen LogP contribution in [0.15, 0.2) is 42.5 Å². The molecule has 3 aromatic rings. The maximum Gasteiger partial charge on any atom is 0.416 e. The standard InChI is InChI=1S/C19H12Cl2F3NO3S/c1-2-27-17(26)16-15(10-4-3-5-11(8-10)19(22,23)24)25-18(29-16)28-14-7-6-12(20)9-13(14)21/h3-9H,2H2,1H3. The molecule has 0 atom stereocenters. The first-order valence-corrected chi connectivity index (χ1v) is 9.74. The summed E-state index contributed by atoms with van der Waals surface area (Å²) in [7, 11) is 0. The molecule has 152 valence electrons. The molecule has 0 saturated heterocycles. The predicted molar refractivity (Wildman–Crippen MR) is 105 cm³/mol. The number of hydrogen-bond acceptors (Lipinski definition) is 5. The average Bonchev–Trinajstić information content (AvgIpc) is 3.08. The lowest BCUT2D eigenvalue weighted by molar-refractivity contribution is -0.137. The van der Waals surface area contributed by atoms with Crippen LogP contribution in [0.3, 0.4) is 0 Å². The minimum atomic E-state index is -4.54. The number of rotatable bonds is 5. The maximum atomic E-state index is 13.1. The molecule has 0 radical (unpaired) electrons. The molecule has 2 aromatic carbocycles. The van der Waals surface area contributed by atoms with E-state index in [1.807, 2.05) is 0 Å². The summed E-state index contributed by atoms with van der Waals surface area (Å²) in [6.45, 7) is 1.71. The third-order valence-corrected chi connectivity index (χ3v) is 5.07. The minimum Gasteiger partial charge on any atom is -0.462 e. The average molecular weight is 462 g/mol. The molecule has 0 bridgehead atoms. The third kappa shape index (κ3) is 5.01. The second-order valence-electron chi connectivity index (χ2n) is 5.63. The summed E-state index contributed by atoms with van der Waals surface area (Å²) >= 11 is 12.8. The highest BCUT2D eigenvalue weighted by Gasteiger charge is 2.31. The molecule has 0 amide bonds. The fourth-order valence-corrected chi connectivity index (χ4v) is 3.66. The normalized spacial score (nSPS) is 11.4. The van der Waals surface area contributed by atoms with Gasteiger partial charge in [0.2, 0.25) is 0 Å². The summed E-state index contributed by atoms with van der Waals surface area (Å²) in [4.78, 5) is 16.5. The van der Waals surface area contributed by atoms with E-state index in [0.717, 1.165) is 23.5 Å². The van der Waals surface area contributed by atoms with Gasteiger partial charge in [-0.15, -0.1) is 0 Å². The second kappa shape index (κ2) is 8.61. The monoisotopic (exact) mass is 461 g/mol. The molecule has 0 fully saturated rings. The lowest BCUT2D eigenvalue weighted by atomic mass is 10.1. The molecule has 0 aliphatic heterocycles. The van der Waals surface area contributed by atoms with Crippen LogP contribution in [-0.2, 0) is 10.9 Å². The van der Waals surface area contributed by atoms with Gasteiger partial charge in [-0.1, -0.05) is 46.7 Å². The van der Waals surface area contributed by atoms with Crippen LogP contribution in [0, 0.1) is 0 Å². The van der Waals surface area contributed by atoms with E-state index < -0.39 is 17.7 Å². The van der Waals surface area contributed by atoms with Crippen molar-refractivity contribution in [1.29, 1.82) is 0 Å². The molecule has 1 aromatic heterocycles. The molecule has 0 unspecified atom stereocenters. The molecule has 4 nitrogen and oxygen atoms in total. The van der Waals surface area contributed by atoms with Crippen LogP contribution in [-0.4, -0.2) is 17.6 Å². The molecule has 0 aliphatic carbocycles. The van der Waals surface area contributed by atoms with E-state index in [1.165, 1.54) is 24.3 Å². The van der Waals surface area contributed by atoms with E-state index in [1.54, 1.807) is 13.0 Å². The van der Waals surface area contributed by atoms with Gasteiger partial charge in [-0.3, -0.25) is 0 Å². The molecule has 0 N–H and O–H groups in total. The Bertz CT molecular complexity index is 1050. The summed E-state index contributed by atoms with van der Waals surface area (Å²) in [6, 6.07) is 9.04. The van der Waals surface area contributed by atoms with Crippen LogP contribution in [0.25, 0.3) is 11.3 Å². The van der Waals surface area contributed by atoms with Gasteiger partial charge in [-0.2, -0.15) is 13.2 Å². The van der Waals surface area contributed by atoms with Crippen LogP contribution >= 0.6 is 34.5 Å². The zero-order chi connectivity index (χ0) is 21.2. The summed E-state index contributed by atoms with van der Waals surface area (Å²) in [6.07, 6.45) is -4.54. The van der Waals surface area contributed by atoms with Crippen molar-refractivity contribution >= 4 is 40.5 Å². The Balaban J connectivity index is 2.05. The first-order valence-electron chi connectivity index (χ1n) is 8.17. The van der Waals surface area contributed by atoms with Gasteiger partial charge in [0, 0.05) is 10.6 Å².